The molecule has 1 amide bonds. The Labute approximate surface area is 87.7 Å². The fourth-order valence-corrected chi connectivity index (χ4v) is 1.76. The van der Waals surface area contributed by atoms with Gasteiger partial charge in [0.05, 0.1) is 5.69 Å². The molecule has 2 aromatic heterocycles. The Morgan fingerprint density at radius 1 is 1.60 bits per heavy atom. The molecular weight excluding hydrogens is 190 g/mol. The van der Waals surface area contributed by atoms with E-state index in [0.717, 1.165) is 16.9 Å². The molecule has 0 fully saturated rings. The molecule has 0 atom stereocenters. The van der Waals surface area contributed by atoms with Crippen LogP contribution in [0.15, 0.2) is 18.3 Å². The van der Waals surface area contributed by atoms with Gasteiger partial charge in [-0.25, -0.2) is 4.98 Å². The SMILES string of the molecule is CCc1nc2c(C)cccn2c1C(N)=O. The summed E-state index contributed by atoms with van der Waals surface area (Å²) < 4.78 is 1.76. The molecule has 2 N–H and O–H groups in total. The Kier molecular flexibility index (Phi) is 2.19. The van der Waals surface area contributed by atoms with Gasteiger partial charge in [-0.2, -0.15) is 0 Å². The second-order valence-corrected chi connectivity index (χ2v) is 3.51. The summed E-state index contributed by atoms with van der Waals surface area (Å²) in [6, 6.07) is 3.85. The molecule has 15 heavy (non-hydrogen) atoms. The highest BCUT2D eigenvalue weighted by molar-refractivity contribution is 5.93. The molecule has 0 saturated carbocycles. The van der Waals surface area contributed by atoms with Crippen molar-refractivity contribution in [3.63, 3.8) is 0 Å². The molecule has 78 valence electrons. The van der Waals surface area contributed by atoms with Gasteiger partial charge in [0.15, 0.2) is 0 Å². The number of carbonyl (C=O) groups is 1. The number of pyridine rings is 1. The maximum Gasteiger partial charge on any atom is 0.267 e. The molecule has 0 unspecified atom stereocenters. The fraction of sp³-hybridized carbons (Fsp3) is 0.273. The van der Waals surface area contributed by atoms with Crippen molar-refractivity contribution in [1.29, 1.82) is 0 Å². The number of rotatable bonds is 2. The Balaban J connectivity index is 2.86. The van der Waals surface area contributed by atoms with Crippen molar-refractivity contribution < 1.29 is 4.79 Å². The lowest BCUT2D eigenvalue weighted by molar-refractivity contribution is 0.0994. The van der Waals surface area contributed by atoms with E-state index in [0.29, 0.717) is 12.1 Å². The maximum absolute atomic E-state index is 11.3. The Morgan fingerprint density at radius 3 is 2.93 bits per heavy atom. The average molecular weight is 203 g/mol. The largest absolute Gasteiger partial charge is 0.364 e. The highest BCUT2D eigenvalue weighted by Crippen LogP contribution is 2.15. The molecule has 0 spiro atoms. The van der Waals surface area contributed by atoms with Crippen molar-refractivity contribution in [3.8, 4) is 0 Å². The van der Waals surface area contributed by atoms with Gasteiger partial charge in [0.2, 0.25) is 0 Å². The predicted octanol–water partition coefficient (Wildman–Crippen LogP) is 1.30. The molecule has 2 aromatic rings. The highest BCUT2D eigenvalue weighted by atomic mass is 16.1. The number of aryl methyl sites for hydroxylation is 2. The van der Waals surface area contributed by atoms with E-state index in [2.05, 4.69) is 4.98 Å². The number of amides is 1. The summed E-state index contributed by atoms with van der Waals surface area (Å²) in [5.41, 5.74) is 8.46. The molecule has 0 radical (unpaired) electrons. The van der Waals surface area contributed by atoms with Crippen LogP contribution in [0.2, 0.25) is 0 Å². The first-order valence-corrected chi connectivity index (χ1v) is 4.91. The van der Waals surface area contributed by atoms with E-state index in [4.69, 9.17) is 5.73 Å². The predicted molar refractivity (Wildman–Crippen MR) is 57.8 cm³/mol. The van der Waals surface area contributed by atoms with Crippen LogP contribution in [0, 0.1) is 6.92 Å². The number of fused-ring (bicyclic) bond motifs is 1. The van der Waals surface area contributed by atoms with E-state index in [9.17, 15) is 4.79 Å². The van der Waals surface area contributed by atoms with E-state index >= 15 is 0 Å². The van der Waals surface area contributed by atoms with E-state index in [1.165, 1.54) is 0 Å². The van der Waals surface area contributed by atoms with Gasteiger partial charge in [0.25, 0.3) is 5.91 Å². The van der Waals surface area contributed by atoms with Gasteiger partial charge in [0.1, 0.15) is 11.3 Å². The van der Waals surface area contributed by atoms with Gasteiger partial charge in [-0.1, -0.05) is 13.0 Å². The van der Waals surface area contributed by atoms with Crippen LogP contribution >= 0.6 is 0 Å². The molecule has 2 rings (SSSR count). The molecule has 0 aliphatic rings. The molecular formula is C11H13N3O. The van der Waals surface area contributed by atoms with E-state index < -0.39 is 5.91 Å². The quantitative estimate of drug-likeness (QED) is 0.799. The number of hydrogen-bond donors (Lipinski definition) is 1. The number of carbonyl (C=O) groups excluding carboxylic acids is 1. The normalized spacial score (nSPS) is 10.8. The first-order chi connectivity index (χ1) is 7.15. The van der Waals surface area contributed by atoms with E-state index in [1.807, 2.05) is 32.2 Å². The first kappa shape index (κ1) is 9.71. The van der Waals surface area contributed by atoms with Crippen molar-refractivity contribution in [3.05, 3.63) is 35.3 Å². The summed E-state index contributed by atoms with van der Waals surface area (Å²) in [6.07, 6.45) is 2.52. The third kappa shape index (κ3) is 1.38. The zero-order valence-electron chi connectivity index (χ0n) is 8.82. The van der Waals surface area contributed by atoms with Gasteiger partial charge < -0.3 is 5.73 Å². The third-order valence-corrected chi connectivity index (χ3v) is 2.49. The number of imidazole rings is 1. The van der Waals surface area contributed by atoms with Crippen LogP contribution in [0.1, 0.15) is 28.7 Å². The monoisotopic (exact) mass is 203 g/mol. The van der Waals surface area contributed by atoms with E-state index in [-0.39, 0.29) is 0 Å². The second kappa shape index (κ2) is 3.38. The van der Waals surface area contributed by atoms with Crippen LogP contribution in [0.3, 0.4) is 0 Å². The molecule has 2 heterocycles. The van der Waals surface area contributed by atoms with Gasteiger partial charge in [-0.05, 0) is 25.0 Å². The lowest BCUT2D eigenvalue weighted by Crippen LogP contribution is -2.15. The van der Waals surface area contributed by atoms with Gasteiger partial charge in [0, 0.05) is 6.20 Å². The topological polar surface area (TPSA) is 60.4 Å². The standard InChI is InChI=1S/C11H13N3O/c1-3-8-9(10(12)15)14-6-4-5-7(2)11(14)13-8/h4-6H,3H2,1-2H3,(H2,12,15). The minimum absolute atomic E-state index is 0.426. The Morgan fingerprint density at radius 2 is 2.33 bits per heavy atom. The molecule has 0 saturated heterocycles. The van der Waals surface area contributed by atoms with Crippen LogP contribution in [0.25, 0.3) is 5.65 Å². The minimum Gasteiger partial charge on any atom is -0.364 e. The van der Waals surface area contributed by atoms with Crippen LogP contribution in [0.4, 0.5) is 0 Å². The van der Waals surface area contributed by atoms with Crippen molar-refractivity contribution >= 4 is 11.6 Å². The van der Waals surface area contributed by atoms with E-state index in [1.54, 1.807) is 4.40 Å². The maximum atomic E-state index is 11.3. The lowest BCUT2D eigenvalue weighted by Gasteiger charge is -1.99. The lowest BCUT2D eigenvalue weighted by atomic mass is 10.2. The molecule has 0 aliphatic carbocycles. The van der Waals surface area contributed by atoms with Gasteiger partial charge in [-0.15, -0.1) is 0 Å². The number of nitrogens with two attached hydrogens (primary N) is 1. The Hall–Kier alpha value is -1.84. The Bertz CT molecular complexity index is 528. The van der Waals surface area contributed by atoms with Crippen molar-refractivity contribution in [2.75, 3.05) is 0 Å². The smallest absolute Gasteiger partial charge is 0.267 e. The summed E-state index contributed by atoms with van der Waals surface area (Å²) in [5.74, 6) is -0.426. The fourth-order valence-electron chi connectivity index (χ4n) is 1.76. The number of nitrogens with zero attached hydrogens (tertiary/aromatic N) is 2. The molecule has 0 aliphatic heterocycles. The zero-order chi connectivity index (χ0) is 11.0. The van der Waals surface area contributed by atoms with Crippen molar-refractivity contribution in [2.24, 2.45) is 5.73 Å². The van der Waals surface area contributed by atoms with Crippen LogP contribution in [0.5, 0.6) is 0 Å². The molecule has 4 heteroatoms. The number of hydrogen-bond acceptors (Lipinski definition) is 2. The van der Waals surface area contributed by atoms with Gasteiger partial charge in [-0.3, -0.25) is 9.20 Å². The van der Waals surface area contributed by atoms with Crippen LogP contribution in [-0.2, 0) is 6.42 Å². The van der Waals surface area contributed by atoms with Crippen molar-refractivity contribution in [1.82, 2.24) is 9.38 Å². The molecule has 4 nitrogen and oxygen atoms in total. The zero-order valence-corrected chi connectivity index (χ0v) is 8.82. The van der Waals surface area contributed by atoms with Crippen LogP contribution in [-0.4, -0.2) is 15.3 Å². The summed E-state index contributed by atoms with van der Waals surface area (Å²) in [4.78, 5) is 15.7. The summed E-state index contributed by atoms with van der Waals surface area (Å²) >= 11 is 0. The summed E-state index contributed by atoms with van der Waals surface area (Å²) in [6.45, 7) is 3.93. The second-order valence-electron chi connectivity index (χ2n) is 3.51. The number of aromatic nitrogens is 2. The van der Waals surface area contributed by atoms with Crippen LogP contribution < -0.4 is 5.73 Å². The van der Waals surface area contributed by atoms with Gasteiger partial charge >= 0.3 is 0 Å². The number of primary amides is 1. The molecule has 0 aromatic carbocycles. The summed E-state index contributed by atoms with van der Waals surface area (Å²) in [5, 5.41) is 0. The van der Waals surface area contributed by atoms with Crippen molar-refractivity contribution in [2.45, 2.75) is 20.3 Å². The average Bonchev–Trinajstić information content (AvgIpc) is 2.57. The highest BCUT2D eigenvalue weighted by Gasteiger charge is 2.15. The first-order valence-electron chi connectivity index (χ1n) is 4.91. The minimum atomic E-state index is -0.426. The molecule has 0 bridgehead atoms. The third-order valence-electron chi connectivity index (χ3n) is 2.49. The summed E-state index contributed by atoms with van der Waals surface area (Å²) in [7, 11) is 0.